The fourth-order valence-electron chi connectivity index (χ4n) is 1.90. The van der Waals surface area contributed by atoms with Gasteiger partial charge in [-0.05, 0) is 32.0 Å². The van der Waals surface area contributed by atoms with Crippen molar-refractivity contribution in [1.82, 2.24) is 20.2 Å². The number of amides is 1. The zero-order chi connectivity index (χ0) is 16.4. The number of imidazole rings is 1. The highest BCUT2D eigenvalue weighted by molar-refractivity contribution is 7.15. The molecule has 9 heteroatoms. The van der Waals surface area contributed by atoms with Crippen LogP contribution in [0.25, 0.3) is 11.0 Å². The number of aromatic nitrogens is 4. The van der Waals surface area contributed by atoms with E-state index in [1.165, 1.54) is 18.3 Å². The van der Waals surface area contributed by atoms with Crippen LogP contribution in [0.2, 0.25) is 0 Å². The predicted octanol–water partition coefficient (Wildman–Crippen LogP) is 1.91. The minimum absolute atomic E-state index is 0.341. The summed E-state index contributed by atoms with van der Waals surface area (Å²) in [6.07, 6.45) is 0.587. The van der Waals surface area contributed by atoms with E-state index in [1.807, 2.05) is 0 Å². The summed E-state index contributed by atoms with van der Waals surface area (Å²) in [5, 5.41) is 11.2. The molecule has 2 heterocycles. The number of benzene rings is 1. The van der Waals surface area contributed by atoms with E-state index in [0.717, 1.165) is 16.0 Å². The van der Waals surface area contributed by atoms with Crippen LogP contribution in [0.15, 0.2) is 24.5 Å². The van der Waals surface area contributed by atoms with Gasteiger partial charge in [-0.3, -0.25) is 10.1 Å². The first kappa shape index (κ1) is 15.1. The van der Waals surface area contributed by atoms with Gasteiger partial charge in [-0.15, -0.1) is 10.2 Å². The van der Waals surface area contributed by atoms with Crippen LogP contribution in [-0.2, 0) is 9.53 Å². The molecule has 0 fully saturated rings. The van der Waals surface area contributed by atoms with Gasteiger partial charge in [0, 0.05) is 0 Å². The molecule has 23 heavy (non-hydrogen) atoms. The van der Waals surface area contributed by atoms with Crippen molar-refractivity contribution in [1.29, 1.82) is 0 Å². The third-order valence-electron chi connectivity index (χ3n) is 3.07. The molecule has 0 aliphatic rings. The lowest BCUT2D eigenvalue weighted by Gasteiger charge is -2.12. The van der Waals surface area contributed by atoms with Crippen LogP contribution in [-0.4, -0.2) is 38.1 Å². The summed E-state index contributed by atoms with van der Waals surface area (Å²) < 4.78 is 5.17. The lowest BCUT2D eigenvalue weighted by molar-refractivity contribution is -0.123. The summed E-state index contributed by atoms with van der Waals surface area (Å²) in [5.41, 5.74) is 1.81. The summed E-state index contributed by atoms with van der Waals surface area (Å²) in [7, 11) is 0. The van der Waals surface area contributed by atoms with Gasteiger partial charge in [0.2, 0.25) is 5.13 Å². The van der Waals surface area contributed by atoms with Crippen LogP contribution >= 0.6 is 11.3 Å². The maximum atomic E-state index is 12.1. The summed E-state index contributed by atoms with van der Waals surface area (Å²) in [5.74, 6) is -1.05. The molecule has 0 spiro atoms. The minimum atomic E-state index is -0.954. The number of hydrogen-bond acceptors (Lipinski definition) is 7. The van der Waals surface area contributed by atoms with Crippen LogP contribution in [0.4, 0.5) is 5.13 Å². The first-order valence-corrected chi connectivity index (χ1v) is 7.59. The molecule has 0 radical (unpaired) electrons. The Morgan fingerprint density at radius 2 is 2.17 bits per heavy atom. The molecule has 1 aromatic carbocycles. The quantitative estimate of drug-likeness (QED) is 0.707. The van der Waals surface area contributed by atoms with Crippen molar-refractivity contribution in [2.24, 2.45) is 0 Å². The minimum Gasteiger partial charge on any atom is -0.449 e. The Bertz CT molecular complexity index is 872. The third-order valence-corrected chi connectivity index (χ3v) is 3.82. The highest BCUT2D eigenvalue weighted by Crippen LogP contribution is 2.16. The SMILES string of the molecule is Cc1nnc(NC(=O)C(C)OC(=O)c2ccc3nc[nH]c3c2)s1. The number of rotatable bonds is 4. The van der Waals surface area contributed by atoms with Gasteiger partial charge < -0.3 is 9.72 Å². The number of ether oxygens (including phenoxy) is 1. The number of carbonyl (C=O) groups is 2. The number of esters is 1. The van der Waals surface area contributed by atoms with Crippen molar-refractivity contribution < 1.29 is 14.3 Å². The second-order valence-corrected chi connectivity index (χ2v) is 5.98. The fourth-order valence-corrected chi connectivity index (χ4v) is 2.49. The van der Waals surface area contributed by atoms with Gasteiger partial charge in [0.15, 0.2) is 6.10 Å². The van der Waals surface area contributed by atoms with Crippen LogP contribution in [0.5, 0.6) is 0 Å². The van der Waals surface area contributed by atoms with E-state index in [9.17, 15) is 9.59 Å². The first-order chi connectivity index (χ1) is 11.0. The van der Waals surface area contributed by atoms with Crippen molar-refractivity contribution in [3.8, 4) is 0 Å². The maximum absolute atomic E-state index is 12.1. The second kappa shape index (κ2) is 6.13. The van der Waals surface area contributed by atoms with Crippen LogP contribution in [0, 0.1) is 6.92 Å². The molecule has 2 aromatic heterocycles. The van der Waals surface area contributed by atoms with E-state index >= 15 is 0 Å². The van der Waals surface area contributed by atoms with E-state index < -0.39 is 18.0 Å². The number of carbonyl (C=O) groups excluding carboxylic acids is 2. The number of nitrogens with zero attached hydrogens (tertiary/aromatic N) is 3. The first-order valence-electron chi connectivity index (χ1n) is 6.78. The van der Waals surface area contributed by atoms with Gasteiger partial charge in [-0.25, -0.2) is 9.78 Å². The summed E-state index contributed by atoms with van der Waals surface area (Å²) >= 11 is 1.25. The molecule has 3 rings (SSSR count). The largest absolute Gasteiger partial charge is 0.449 e. The lowest BCUT2D eigenvalue weighted by Crippen LogP contribution is -2.30. The number of H-pyrrole nitrogens is 1. The van der Waals surface area contributed by atoms with Crippen LogP contribution < -0.4 is 5.32 Å². The number of aromatic amines is 1. The zero-order valence-corrected chi connectivity index (χ0v) is 13.2. The molecule has 0 aliphatic heterocycles. The molecule has 2 N–H and O–H groups in total. The maximum Gasteiger partial charge on any atom is 0.338 e. The van der Waals surface area contributed by atoms with E-state index in [1.54, 1.807) is 31.5 Å². The molecule has 8 nitrogen and oxygen atoms in total. The normalized spacial score (nSPS) is 12.1. The molecule has 1 unspecified atom stereocenters. The standard InChI is InChI=1S/C14H13N5O3S/c1-7(12(20)17-14-19-18-8(2)23-14)22-13(21)9-3-4-10-11(5-9)16-6-15-10/h3-7H,1-2H3,(H,15,16)(H,17,19,20). The summed E-state index contributed by atoms with van der Waals surface area (Å²) in [6.45, 7) is 3.28. The van der Waals surface area contributed by atoms with Gasteiger partial charge >= 0.3 is 5.97 Å². The Balaban J connectivity index is 1.65. The van der Waals surface area contributed by atoms with Crippen LogP contribution in [0.3, 0.4) is 0 Å². The molecule has 1 atom stereocenters. The Morgan fingerprint density at radius 1 is 1.35 bits per heavy atom. The highest BCUT2D eigenvalue weighted by Gasteiger charge is 2.20. The number of nitrogens with one attached hydrogen (secondary N) is 2. The lowest BCUT2D eigenvalue weighted by atomic mass is 10.2. The smallest absolute Gasteiger partial charge is 0.338 e. The van der Waals surface area contributed by atoms with Gasteiger partial charge in [-0.2, -0.15) is 0 Å². The molecular weight excluding hydrogens is 318 g/mol. The average Bonchev–Trinajstić information content (AvgIpc) is 3.14. The second-order valence-electron chi connectivity index (χ2n) is 4.80. The van der Waals surface area contributed by atoms with Crippen molar-refractivity contribution in [2.75, 3.05) is 5.32 Å². The number of anilines is 1. The summed E-state index contributed by atoms with van der Waals surface area (Å²) in [6, 6.07) is 4.94. The van der Waals surface area contributed by atoms with Crippen molar-refractivity contribution in [3.63, 3.8) is 0 Å². The predicted molar refractivity (Wildman–Crippen MR) is 84.2 cm³/mol. The van der Waals surface area contributed by atoms with E-state index in [2.05, 4.69) is 25.5 Å². The molecule has 0 saturated carbocycles. The van der Waals surface area contributed by atoms with Crippen LogP contribution in [0.1, 0.15) is 22.3 Å². The molecule has 0 bridgehead atoms. The Hall–Kier alpha value is -2.81. The van der Waals surface area contributed by atoms with Gasteiger partial charge in [-0.1, -0.05) is 11.3 Å². The van der Waals surface area contributed by atoms with Gasteiger partial charge in [0.05, 0.1) is 22.9 Å². The molecule has 3 aromatic rings. The van der Waals surface area contributed by atoms with E-state index in [4.69, 9.17) is 4.74 Å². The number of aryl methyl sites for hydroxylation is 1. The Morgan fingerprint density at radius 3 is 2.91 bits per heavy atom. The third kappa shape index (κ3) is 3.34. The zero-order valence-electron chi connectivity index (χ0n) is 12.4. The highest BCUT2D eigenvalue weighted by atomic mass is 32.1. The molecule has 118 valence electrons. The average molecular weight is 331 g/mol. The molecule has 1 amide bonds. The topological polar surface area (TPSA) is 110 Å². The monoisotopic (exact) mass is 331 g/mol. The van der Waals surface area contributed by atoms with Crippen molar-refractivity contribution in [3.05, 3.63) is 35.1 Å². The van der Waals surface area contributed by atoms with Gasteiger partial charge in [0.25, 0.3) is 5.91 Å². The molecule has 0 aliphatic carbocycles. The van der Waals surface area contributed by atoms with Crippen molar-refractivity contribution >= 4 is 39.4 Å². The Labute approximate surface area is 134 Å². The number of hydrogen-bond donors (Lipinski definition) is 2. The van der Waals surface area contributed by atoms with Gasteiger partial charge in [0.1, 0.15) is 5.01 Å². The van der Waals surface area contributed by atoms with E-state index in [0.29, 0.717) is 10.7 Å². The van der Waals surface area contributed by atoms with Crippen molar-refractivity contribution in [2.45, 2.75) is 20.0 Å². The Kier molecular flexibility index (Phi) is 4.02. The summed E-state index contributed by atoms with van der Waals surface area (Å²) in [4.78, 5) is 31.1. The number of fused-ring (bicyclic) bond motifs is 1. The molecule has 0 saturated heterocycles. The fraction of sp³-hybridized carbons (Fsp3) is 0.214. The molecular formula is C14H13N5O3S. The van der Waals surface area contributed by atoms with E-state index in [-0.39, 0.29) is 0 Å².